The number of carbonyl (C=O) groups excluding carboxylic acids is 10. The lowest BCUT2D eigenvalue weighted by atomic mass is 9.93. The number of fused-ring (bicyclic) bond motifs is 5. The summed E-state index contributed by atoms with van der Waals surface area (Å²) in [7, 11) is 0. The van der Waals surface area contributed by atoms with E-state index >= 15 is 0 Å². The molecule has 10 amide bonds. The minimum Gasteiger partial charge on any atom is -0.494 e. The molecule has 4 heterocycles. The van der Waals surface area contributed by atoms with Crippen molar-refractivity contribution in [1.82, 2.24) is 52.4 Å². The standard InChI is InChI=1S/C51H73N11O14S/c1-5-7-10-13-40(67)53-16-11-8-9-12-17-76-30-14-15-31-32-20-34-45(70)54-23-42(69)60-43(27(3)6-2)48(73)55-22-41(68)56-36(26-77-50(32)59-33(31)19-30)46(71)58-35(21-39(52)66)51(75)62-24-29(64)18-37(62)47(72)61-44(49(74)57-34)28(4)38(65)25-63/h1,14-15,19,27-29,34-38,43-44,59,63-65H,6-13,16-18,20-26H2,2-4H3,(H2,52,66)(H,53,67)(H,54,70)(H,55,73)(H,56,68)(H,57,74)(H,58,71)(H,60,69)(H,61,72)/t27-,28-,29+,34+,35-,36-,37-,38-,43-,44-/m0/s1. The zero-order chi connectivity index (χ0) is 56.3. The largest absolute Gasteiger partial charge is 0.494 e. The van der Waals surface area contributed by atoms with Gasteiger partial charge in [0, 0.05) is 61.9 Å². The number of aromatic nitrogens is 1. The molecule has 14 N–H and O–H groups in total. The monoisotopic (exact) mass is 1100 g/mol. The van der Waals surface area contributed by atoms with Crippen molar-refractivity contribution in [3.8, 4) is 18.1 Å². The molecule has 1 aromatic heterocycles. The number of aromatic amines is 1. The molecule has 422 valence electrons. The molecular formula is C51H73N11O14S. The number of nitrogens with one attached hydrogen (secondary N) is 9. The van der Waals surface area contributed by atoms with E-state index in [1.54, 1.807) is 32.0 Å². The number of thioether (sulfide) groups is 1. The van der Waals surface area contributed by atoms with Crippen LogP contribution in [0.1, 0.15) is 90.5 Å². The van der Waals surface area contributed by atoms with Crippen molar-refractivity contribution >= 4 is 81.7 Å². The molecule has 77 heavy (non-hydrogen) atoms. The molecule has 0 aliphatic carbocycles. The van der Waals surface area contributed by atoms with E-state index in [0.29, 0.717) is 72.5 Å². The summed E-state index contributed by atoms with van der Waals surface area (Å²) in [6, 6.07) is -4.21. The Morgan fingerprint density at radius 3 is 2.30 bits per heavy atom. The summed E-state index contributed by atoms with van der Waals surface area (Å²) >= 11 is 0.993. The van der Waals surface area contributed by atoms with Gasteiger partial charge in [0.05, 0.1) is 55.5 Å². The summed E-state index contributed by atoms with van der Waals surface area (Å²) < 4.78 is 6.12. The second-order valence-electron chi connectivity index (χ2n) is 19.6. The van der Waals surface area contributed by atoms with Crippen LogP contribution >= 0.6 is 11.8 Å². The van der Waals surface area contributed by atoms with E-state index in [-0.39, 0.29) is 24.5 Å². The van der Waals surface area contributed by atoms with Crippen molar-refractivity contribution in [3.05, 3.63) is 23.8 Å². The summed E-state index contributed by atoms with van der Waals surface area (Å²) in [6.07, 6.45) is 5.91. The van der Waals surface area contributed by atoms with Crippen LogP contribution in [0.2, 0.25) is 0 Å². The zero-order valence-electron chi connectivity index (χ0n) is 43.6. The van der Waals surface area contributed by atoms with Gasteiger partial charge < -0.3 is 78.2 Å². The van der Waals surface area contributed by atoms with Crippen LogP contribution in [0.25, 0.3) is 10.9 Å². The summed E-state index contributed by atoms with van der Waals surface area (Å²) in [6.45, 7) is 2.98. The predicted octanol–water partition coefficient (Wildman–Crippen LogP) is -2.78. The molecule has 5 rings (SSSR count). The Hall–Kier alpha value is -6.95. The molecule has 0 unspecified atom stereocenters. The average Bonchev–Trinajstić information content (AvgIpc) is 3.96. The fourth-order valence-electron chi connectivity index (χ4n) is 9.08. The van der Waals surface area contributed by atoms with Crippen LogP contribution in [0.15, 0.2) is 23.2 Å². The Labute approximate surface area is 450 Å². The van der Waals surface area contributed by atoms with Crippen LogP contribution in [0, 0.1) is 24.2 Å². The lowest BCUT2D eigenvalue weighted by Crippen LogP contribution is -2.62. The number of H-pyrrole nitrogens is 1. The summed E-state index contributed by atoms with van der Waals surface area (Å²) in [5.74, 6) is -7.58. The van der Waals surface area contributed by atoms with Crippen LogP contribution < -0.4 is 53.0 Å². The second-order valence-corrected chi connectivity index (χ2v) is 20.6. The molecule has 1 aromatic carbocycles. The SMILES string of the molecule is C#CCCCC(=O)NCCCCCCOc1ccc2c3c([nH]c2c1)SC[C@@H]1NC(=O)CNC(=O)[C@H]([C@@H](C)CC)NC(=O)CNC(=O)[C@@H](C3)NC(=O)[C@H]([C@@H](C)[C@@H](O)CO)NC(=O)[C@@H]2C[C@@H](O)CN2C(=O)[C@H](CC(N)=O)NC1=O. The highest BCUT2D eigenvalue weighted by atomic mass is 32.2. The Balaban J connectivity index is 1.58. The molecule has 0 spiro atoms. The normalized spacial score (nSPS) is 24.5. The first-order chi connectivity index (χ1) is 36.7. The number of aliphatic hydroxyl groups excluding tert-OH is 3. The Morgan fingerprint density at radius 1 is 0.883 bits per heavy atom. The Bertz CT molecular complexity index is 2520. The Kier molecular flexibility index (Phi) is 23.4. The number of terminal acetylenes is 1. The minimum atomic E-state index is -1.76. The molecule has 26 heteroatoms. The maximum Gasteiger partial charge on any atom is 0.246 e. The van der Waals surface area contributed by atoms with Gasteiger partial charge >= 0.3 is 0 Å². The quantitative estimate of drug-likeness (QED) is 0.0531. The van der Waals surface area contributed by atoms with Crippen molar-refractivity contribution in [3.63, 3.8) is 0 Å². The van der Waals surface area contributed by atoms with Gasteiger partial charge in [-0.1, -0.05) is 40.0 Å². The van der Waals surface area contributed by atoms with Gasteiger partial charge in [0.2, 0.25) is 59.1 Å². The Morgan fingerprint density at radius 2 is 1.60 bits per heavy atom. The molecule has 10 atom stereocenters. The molecule has 0 radical (unpaired) electrons. The number of carbonyl (C=O) groups is 10. The first-order valence-electron chi connectivity index (χ1n) is 26.0. The van der Waals surface area contributed by atoms with Gasteiger partial charge in [0.25, 0.3) is 0 Å². The number of benzene rings is 1. The van der Waals surface area contributed by atoms with E-state index in [1.165, 1.54) is 6.92 Å². The smallest absolute Gasteiger partial charge is 0.246 e. The van der Waals surface area contributed by atoms with Crippen LogP contribution in [-0.4, -0.2) is 178 Å². The number of ether oxygens (including phenoxy) is 1. The van der Waals surface area contributed by atoms with E-state index in [1.807, 2.05) is 0 Å². The van der Waals surface area contributed by atoms with Crippen molar-refractivity contribution in [2.45, 2.75) is 145 Å². The number of nitrogens with two attached hydrogens (primary N) is 1. The highest BCUT2D eigenvalue weighted by Crippen LogP contribution is 2.34. The maximum absolute atomic E-state index is 14.7. The third-order valence-corrected chi connectivity index (χ3v) is 14.9. The van der Waals surface area contributed by atoms with Gasteiger partial charge in [-0.15, -0.1) is 24.1 Å². The highest BCUT2D eigenvalue weighted by Gasteiger charge is 2.45. The second kappa shape index (κ2) is 29.5. The van der Waals surface area contributed by atoms with Gasteiger partial charge in [-0.25, -0.2) is 0 Å². The van der Waals surface area contributed by atoms with Gasteiger partial charge in [-0.2, -0.15) is 0 Å². The van der Waals surface area contributed by atoms with E-state index in [0.717, 1.165) is 35.9 Å². The number of amides is 10. The molecule has 3 aliphatic heterocycles. The summed E-state index contributed by atoms with van der Waals surface area (Å²) in [5, 5.41) is 53.3. The van der Waals surface area contributed by atoms with Crippen molar-refractivity contribution in [2.24, 2.45) is 17.6 Å². The lowest BCUT2D eigenvalue weighted by molar-refractivity contribution is -0.144. The first-order valence-corrected chi connectivity index (χ1v) is 26.9. The van der Waals surface area contributed by atoms with Crippen LogP contribution in [0.3, 0.4) is 0 Å². The van der Waals surface area contributed by atoms with Gasteiger partial charge in [-0.05, 0) is 42.9 Å². The van der Waals surface area contributed by atoms with Crippen LogP contribution in [0.5, 0.6) is 5.75 Å². The molecule has 3 aliphatic rings. The van der Waals surface area contributed by atoms with E-state index in [2.05, 4.69) is 53.4 Å². The first kappa shape index (κ1) is 60.9. The third-order valence-electron chi connectivity index (χ3n) is 13.8. The number of unbranched alkanes of at least 4 members (excludes halogenated alkanes) is 4. The molecular weight excluding hydrogens is 1020 g/mol. The summed E-state index contributed by atoms with van der Waals surface area (Å²) in [4.78, 5) is 142. The maximum atomic E-state index is 14.7. The molecule has 2 bridgehead atoms. The fraction of sp³-hybridized carbons (Fsp3) is 0.608. The van der Waals surface area contributed by atoms with Crippen molar-refractivity contribution in [2.75, 3.05) is 45.1 Å². The van der Waals surface area contributed by atoms with Gasteiger partial charge in [0.1, 0.15) is 42.0 Å². The lowest BCUT2D eigenvalue weighted by Gasteiger charge is -2.32. The molecule has 0 saturated carbocycles. The molecule has 1 fully saturated rings. The number of hydrogen-bond acceptors (Lipinski definition) is 15. The number of rotatable bonds is 18. The summed E-state index contributed by atoms with van der Waals surface area (Å²) in [5.41, 5.74) is 6.44. The predicted molar refractivity (Wildman–Crippen MR) is 280 cm³/mol. The van der Waals surface area contributed by atoms with Crippen LogP contribution in [0.4, 0.5) is 0 Å². The van der Waals surface area contributed by atoms with E-state index in [9.17, 15) is 63.3 Å². The fourth-order valence-corrected chi connectivity index (χ4v) is 10.2. The number of hydrogen-bond donors (Lipinski definition) is 13. The molecule has 2 aromatic rings. The third kappa shape index (κ3) is 17.5. The van der Waals surface area contributed by atoms with Gasteiger partial charge in [0.15, 0.2) is 0 Å². The van der Waals surface area contributed by atoms with Crippen molar-refractivity contribution in [1.29, 1.82) is 0 Å². The molecule has 1 saturated heterocycles. The highest BCUT2D eigenvalue weighted by molar-refractivity contribution is 7.99. The zero-order valence-corrected chi connectivity index (χ0v) is 44.4. The van der Waals surface area contributed by atoms with Gasteiger partial charge in [-0.3, -0.25) is 47.9 Å². The topological polar surface area (TPSA) is 382 Å². The number of primary amides is 1. The van der Waals surface area contributed by atoms with Crippen molar-refractivity contribution < 1.29 is 68.0 Å². The molecule has 25 nitrogen and oxygen atoms in total. The van der Waals surface area contributed by atoms with Crippen LogP contribution in [-0.2, 0) is 54.4 Å². The van der Waals surface area contributed by atoms with E-state index in [4.69, 9.17) is 16.9 Å². The number of aliphatic hydroxyl groups is 3. The average molecular weight is 1100 g/mol. The van der Waals surface area contributed by atoms with E-state index < -0.39 is 146 Å². The minimum absolute atomic E-state index is 0.0410. The number of nitrogens with zero attached hydrogens (tertiary/aromatic N) is 1.